The Morgan fingerprint density at radius 3 is 3.06 bits per heavy atom. The second-order valence-electron chi connectivity index (χ2n) is 5.18. The number of thiophene rings is 1. The third kappa shape index (κ3) is 2.65. The summed E-state index contributed by atoms with van der Waals surface area (Å²) < 4.78 is 0. The summed E-state index contributed by atoms with van der Waals surface area (Å²) in [6.45, 7) is 10.3. The van der Waals surface area contributed by atoms with Gasteiger partial charge in [0.2, 0.25) is 0 Å². The summed E-state index contributed by atoms with van der Waals surface area (Å²) in [5.74, 6) is 0. The van der Waals surface area contributed by atoms with E-state index < -0.39 is 0 Å². The van der Waals surface area contributed by atoms with Crippen molar-refractivity contribution in [2.45, 2.75) is 45.3 Å². The number of hydrogen-bond acceptors (Lipinski definition) is 3. The van der Waals surface area contributed by atoms with Gasteiger partial charge in [-0.2, -0.15) is 11.3 Å². The standard InChI is InChI=1S/C13H22N2S/c1-4-13(3)10-15(11(2)7-14-13)8-12-5-6-16-9-12/h5-6,9,11,14H,4,7-8,10H2,1-3H3. The first kappa shape index (κ1) is 12.1. The van der Waals surface area contributed by atoms with Crippen LogP contribution in [-0.4, -0.2) is 29.6 Å². The smallest absolute Gasteiger partial charge is 0.0278 e. The molecule has 1 saturated heterocycles. The van der Waals surface area contributed by atoms with Crippen LogP contribution in [0.25, 0.3) is 0 Å². The number of nitrogens with one attached hydrogen (secondary N) is 1. The van der Waals surface area contributed by atoms with Gasteiger partial charge in [0.05, 0.1) is 0 Å². The van der Waals surface area contributed by atoms with Crippen LogP contribution < -0.4 is 5.32 Å². The zero-order valence-corrected chi connectivity index (χ0v) is 11.3. The van der Waals surface area contributed by atoms with Gasteiger partial charge in [-0.25, -0.2) is 0 Å². The van der Waals surface area contributed by atoms with Gasteiger partial charge in [0.25, 0.3) is 0 Å². The third-order valence-corrected chi connectivity index (χ3v) is 4.48. The summed E-state index contributed by atoms with van der Waals surface area (Å²) in [5.41, 5.74) is 1.75. The molecule has 2 heterocycles. The van der Waals surface area contributed by atoms with Crippen LogP contribution in [-0.2, 0) is 6.54 Å². The highest BCUT2D eigenvalue weighted by atomic mass is 32.1. The van der Waals surface area contributed by atoms with Gasteiger partial charge in [-0.3, -0.25) is 4.90 Å². The average molecular weight is 238 g/mol. The van der Waals surface area contributed by atoms with Crippen molar-refractivity contribution in [3.63, 3.8) is 0 Å². The van der Waals surface area contributed by atoms with Crippen LogP contribution in [0.1, 0.15) is 32.8 Å². The highest BCUT2D eigenvalue weighted by molar-refractivity contribution is 7.07. The van der Waals surface area contributed by atoms with Crippen molar-refractivity contribution in [2.75, 3.05) is 13.1 Å². The molecule has 3 heteroatoms. The molecule has 0 amide bonds. The van der Waals surface area contributed by atoms with Crippen molar-refractivity contribution in [3.8, 4) is 0 Å². The Morgan fingerprint density at radius 1 is 1.62 bits per heavy atom. The Labute approximate surface area is 103 Å². The molecular weight excluding hydrogens is 216 g/mol. The Bertz CT molecular complexity index is 323. The molecule has 1 aliphatic heterocycles. The van der Waals surface area contributed by atoms with Gasteiger partial charge in [0, 0.05) is 31.2 Å². The molecule has 0 radical (unpaired) electrons. The second kappa shape index (κ2) is 4.86. The summed E-state index contributed by atoms with van der Waals surface area (Å²) in [5, 5.41) is 8.10. The molecule has 90 valence electrons. The fourth-order valence-corrected chi connectivity index (χ4v) is 2.91. The van der Waals surface area contributed by atoms with E-state index in [0.29, 0.717) is 11.6 Å². The molecule has 1 fully saturated rings. The lowest BCUT2D eigenvalue weighted by Gasteiger charge is -2.45. The maximum atomic E-state index is 3.67. The van der Waals surface area contributed by atoms with E-state index in [1.165, 1.54) is 12.0 Å². The van der Waals surface area contributed by atoms with Gasteiger partial charge in [-0.1, -0.05) is 6.92 Å². The van der Waals surface area contributed by atoms with Crippen LogP contribution in [0, 0.1) is 0 Å². The van der Waals surface area contributed by atoms with E-state index in [1.54, 1.807) is 11.3 Å². The monoisotopic (exact) mass is 238 g/mol. The van der Waals surface area contributed by atoms with Crippen molar-refractivity contribution < 1.29 is 0 Å². The molecule has 2 unspecified atom stereocenters. The minimum absolute atomic E-state index is 0.294. The van der Waals surface area contributed by atoms with Gasteiger partial charge in [0.1, 0.15) is 0 Å². The van der Waals surface area contributed by atoms with E-state index in [1.807, 2.05) is 0 Å². The molecule has 0 spiro atoms. The van der Waals surface area contributed by atoms with E-state index >= 15 is 0 Å². The molecule has 0 aliphatic carbocycles. The molecule has 0 aromatic carbocycles. The number of hydrogen-bond donors (Lipinski definition) is 1. The lowest BCUT2D eigenvalue weighted by atomic mass is 9.93. The molecule has 1 aromatic rings. The largest absolute Gasteiger partial charge is 0.309 e. The Morgan fingerprint density at radius 2 is 2.44 bits per heavy atom. The lowest BCUT2D eigenvalue weighted by molar-refractivity contribution is 0.0867. The Kier molecular flexibility index (Phi) is 3.67. The Balaban J connectivity index is 2.01. The maximum absolute atomic E-state index is 3.67. The van der Waals surface area contributed by atoms with Gasteiger partial charge < -0.3 is 5.32 Å². The minimum Gasteiger partial charge on any atom is -0.309 e. The number of nitrogens with zero attached hydrogens (tertiary/aromatic N) is 1. The minimum atomic E-state index is 0.294. The molecule has 2 rings (SSSR count). The second-order valence-corrected chi connectivity index (χ2v) is 5.96. The fourth-order valence-electron chi connectivity index (χ4n) is 2.25. The van der Waals surface area contributed by atoms with Gasteiger partial charge in [0.15, 0.2) is 0 Å². The van der Waals surface area contributed by atoms with Gasteiger partial charge in [-0.05, 0) is 42.7 Å². The quantitative estimate of drug-likeness (QED) is 0.871. The van der Waals surface area contributed by atoms with Crippen LogP contribution >= 0.6 is 11.3 Å². The fraction of sp³-hybridized carbons (Fsp3) is 0.692. The lowest BCUT2D eigenvalue weighted by Crippen LogP contribution is -2.61. The van der Waals surface area contributed by atoms with E-state index in [4.69, 9.17) is 0 Å². The SMILES string of the molecule is CCC1(C)CN(Cc2ccsc2)C(C)CN1. The van der Waals surface area contributed by atoms with E-state index in [0.717, 1.165) is 19.6 Å². The molecule has 1 aliphatic rings. The zero-order valence-electron chi connectivity index (χ0n) is 10.5. The first-order valence-electron chi connectivity index (χ1n) is 6.13. The first-order valence-corrected chi connectivity index (χ1v) is 7.07. The predicted molar refractivity (Wildman–Crippen MR) is 70.9 cm³/mol. The van der Waals surface area contributed by atoms with Crippen molar-refractivity contribution in [1.82, 2.24) is 10.2 Å². The highest BCUT2D eigenvalue weighted by Gasteiger charge is 2.32. The first-order chi connectivity index (χ1) is 7.63. The molecule has 1 aromatic heterocycles. The molecular formula is C13H22N2S. The van der Waals surface area contributed by atoms with E-state index in [2.05, 4.69) is 47.8 Å². The highest BCUT2D eigenvalue weighted by Crippen LogP contribution is 2.21. The normalized spacial score (nSPS) is 31.8. The third-order valence-electron chi connectivity index (χ3n) is 3.75. The van der Waals surface area contributed by atoms with E-state index in [9.17, 15) is 0 Å². The molecule has 0 bridgehead atoms. The topological polar surface area (TPSA) is 15.3 Å². The molecule has 2 nitrogen and oxygen atoms in total. The van der Waals surface area contributed by atoms with Crippen LogP contribution in [0.4, 0.5) is 0 Å². The van der Waals surface area contributed by atoms with Crippen molar-refractivity contribution in [2.24, 2.45) is 0 Å². The van der Waals surface area contributed by atoms with Crippen LogP contribution in [0.2, 0.25) is 0 Å². The van der Waals surface area contributed by atoms with Crippen LogP contribution in [0.5, 0.6) is 0 Å². The Hall–Kier alpha value is -0.380. The maximum Gasteiger partial charge on any atom is 0.0278 e. The van der Waals surface area contributed by atoms with Gasteiger partial charge >= 0.3 is 0 Å². The number of rotatable bonds is 3. The summed E-state index contributed by atoms with van der Waals surface area (Å²) >= 11 is 1.79. The van der Waals surface area contributed by atoms with E-state index in [-0.39, 0.29) is 0 Å². The van der Waals surface area contributed by atoms with Crippen molar-refractivity contribution in [3.05, 3.63) is 22.4 Å². The summed E-state index contributed by atoms with van der Waals surface area (Å²) in [6, 6.07) is 2.88. The molecule has 0 saturated carbocycles. The van der Waals surface area contributed by atoms with Crippen LogP contribution in [0.3, 0.4) is 0 Å². The van der Waals surface area contributed by atoms with Crippen LogP contribution in [0.15, 0.2) is 16.8 Å². The summed E-state index contributed by atoms with van der Waals surface area (Å²) in [7, 11) is 0. The summed E-state index contributed by atoms with van der Waals surface area (Å²) in [4.78, 5) is 2.60. The number of piperazine rings is 1. The predicted octanol–water partition coefficient (Wildman–Crippen LogP) is 2.71. The molecule has 1 N–H and O–H groups in total. The van der Waals surface area contributed by atoms with Crippen molar-refractivity contribution in [1.29, 1.82) is 0 Å². The molecule has 2 atom stereocenters. The zero-order chi connectivity index (χ0) is 11.6. The van der Waals surface area contributed by atoms with Gasteiger partial charge in [-0.15, -0.1) is 0 Å². The average Bonchev–Trinajstić information content (AvgIpc) is 2.77. The van der Waals surface area contributed by atoms with Crippen molar-refractivity contribution >= 4 is 11.3 Å². The molecule has 16 heavy (non-hydrogen) atoms. The summed E-state index contributed by atoms with van der Waals surface area (Å²) in [6.07, 6.45) is 1.19.